The molecule has 0 spiro atoms. The Morgan fingerprint density at radius 3 is 2.24 bits per heavy atom. The van der Waals surface area contributed by atoms with Crippen LogP contribution in [0.5, 0.6) is 11.5 Å². The fraction of sp³-hybridized carbons (Fsp3) is 0.390. The molecular weight excluding hydrogens is 901 g/mol. The molecule has 2 fully saturated rings. The van der Waals surface area contributed by atoms with Gasteiger partial charge in [-0.1, -0.05) is 42.8 Å². The van der Waals surface area contributed by atoms with E-state index >= 15 is 9.59 Å². The van der Waals surface area contributed by atoms with Gasteiger partial charge in [0.2, 0.25) is 5.91 Å². The van der Waals surface area contributed by atoms with Gasteiger partial charge in [-0.2, -0.15) is 5.26 Å². The maximum absolute atomic E-state index is 15.8. The van der Waals surface area contributed by atoms with E-state index in [-0.39, 0.29) is 35.9 Å². The molecule has 1 atom stereocenters. The minimum absolute atomic E-state index is 0.0292. The zero-order valence-electron chi connectivity index (χ0n) is 42.4. The summed E-state index contributed by atoms with van der Waals surface area (Å²) in [6, 6.07) is 33.4. The van der Waals surface area contributed by atoms with Gasteiger partial charge in [0, 0.05) is 92.8 Å². The first-order valence-electron chi connectivity index (χ1n) is 25.7. The molecule has 1 N–H and O–H groups in total. The summed E-state index contributed by atoms with van der Waals surface area (Å²) in [5.41, 5.74) is 10.7. The van der Waals surface area contributed by atoms with Crippen molar-refractivity contribution in [1.82, 2.24) is 28.7 Å². The number of aromatic nitrogens is 2. The van der Waals surface area contributed by atoms with Crippen molar-refractivity contribution in [3.63, 3.8) is 0 Å². The Kier molecular flexibility index (Phi) is 13.8. The summed E-state index contributed by atoms with van der Waals surface area (Å²) in [5.74, 6) is 0.506. The van der Waals surface area contributed by atoms with Gasteiger partial charge in [0.15, 0.2) is 0 Å². The van der Waals surface area contributed by atoms with Crippen LogP contribution in [0.2, 0.25) is 0 Å². The number of anilines is 2. The average molecular weight is 967 g/mol. The lowest BCUT2D eigenvalue weighted by molar-refractivity contribution is -0.131. The molecular formula is C59H66N8O5. The number of phenols is 1. The standard InChI is InChI=1S/C59H66N8O5/c1-39-52(59(71)67(47-17-19-50(68)20-18-47)55-33-48(35-60)62(4)40(55)2)34-56(63(39)5)53-31-43-23-26-65(57(69)29-41-13-21-51(22-14-41)72-28-27-61(3)46-15-16-46)36-45(43)32-54(53)58(70)66-37-44-12-8-7-11-42(44)30-49(66)38-64-24-9-6-10-25-64/h7-8,11-14,17-22,31-34,46,49,68H,6,9-10,15-16,23-30,36-38H2,1-5H3/t49-/m0/s1. The van der Waals surface area contributed by atoms with E-state index in [9.17, 15) is 15.2 Å². The number of nitrogens with zero attached hydrogens (tertiary/aromatic N) is 8. The molecule has 2 aromatic heterocycles. The van der Waals surface area contributed by atoms with Crippen molar-refractivity contribution in [2.24, 2.45) is 14.1 Å². The SMILES string of the molecule is Cc1c(N(C(=O)c2cc(-c3cc4c(cc3C(=O)N3Cc5ccccc5C[C@H]3CN3CCCCC3)CN(C(=O)Cc3ccc(OCCN(C)C5CC5)cc3)CC4)n(C)c2C)c2ccc(O)cc2)cc(C#N)n1C. The Morgan fingerprint density at radius 1 is 0.792 bits per heavy atom. The minimum Gasteiger partial charge on any atom is -0.508 e. The molecule has 4 aromatic carbocycles. The van der Waals surface area contributed by atoms with E-state index in [0.29, 0.717) is 72.6 Å². The van der Waals surface area contributed by atoms with E-state index in [1.54, 1.807) is 46.8 Å². The zero-order chi connectivity index (χ0) is 50.2. The molecule has 5 heterocycles. The lowest BCUT2D eigenvalue weighted by Gasteiger charge is -2.41. The monoisotopic (exact) mass is 967 g/mol. The highest BCUT2D eigenvalue weighted by atomic mass is 16.5. The molecule has 1 aliphatic carbocycles. The van der Waals surface area contributed by atoms with Crippen LogP contribution in [0, 0.1) is 25.2 Å². The molecule has 0 bridgehead atoms. The summed E-state index contributed by atoms with van der Waals surface area (Å²) in [7, 11) is 5.88. The van der Waals surface area contributed by atoms with Crippen molar-refractivity contribution in [3.05, 3.63) is 153 Å². The van der Waals surface area contributed by atoms with Crippen molar-refractivity contribution in [2.75, 3.05) is 51.3 Å². The Labute approximate surface area is 423 Å². The number of rotatable bonds is 14. The number of ether oxygens (including phenoxy) is 1. The number of likely N-dealkylation sites (N-methyl/N-ethyl adjacent to an activating group) is 1. The third-order valence-corrected chi connectivity index (χ3v) is 15.8. The second-order valence-corrected chi connectivity index (χ2v) is 20.4. The summed E-state index contributed by atoms with van der Waals surface area (Å²) in [5, 5.41) is 20.3. The molecule has 372 valence electrons. The fourth-order valence-corrected chi connectivity index (χ4v) is 11.1. The van der Waals surface area contributed by atoms with E-state index in [1.807, 2.05) is 72.8 Å². The molecule has 10 rings (SSSR count). The quantitative estimate of drug-likeness (QED) is 0.115. The van der Waals surface area contributed by atoms with Gasteiger partial charge < -0.3 is 38.6 Å². The number of amides is 3. The number of fused-ring (bicyclic) bond motifs is 2. The first-order chi connectivity index (χ1) is 34.8. The zero-order valence-corrected chi connectivity index (χ0v) is 42.4. The predicted molar refractivity (Wildman–Crippen MR) is 280 cm³/mol. The number of likely N-dealkylation sites (tertiary alicyclic amines) is 1. The largest absolute Gasteiger partial charge is 0.508 e. The van der Waals surface area contributed by atoms with E-state index < -0.39 is 0 Å². The topological polar surface area (TPSA) is 131 Å². The highest BCUT2D eigenvalue weighted by Crippen LogP contribution is 2.39. The van der Waals surface area contributed by atoms with E-state index in [4.69, 9.17) is 4.74 Å². The fourth-order valence-electron chi connectivity index (χ4n) is 11.1. The van der Waals surface area contributed by atoms with Gasteiger partial charge in [-0.3, -0.25) is 19.3 Å². The number of aromatic hydroxyl groups is 1. The Bertz CT molecular complexity index is 3050. The van der Waals surface area contributed by atoms with Gasteiger partial charge >= 0.3 is 0 Å². The lowest BCUT2D eigenvalue weighted by Crippen LogP contribution is -2.51. The molecule has 4 aliphatic rings. The molecule has 0 unspecified atom stereocenters. The molecule has 72 heavy (non-hydrogen) atoms. The van der Waals surface area contributed by atoms with E-state index in [1.165, 1.54) is 24.8 Å². The third kappa shape index (κ3) is 9.90. The van der Waals surface area contributed by atoms with Crippen LogP contribution in [0.3, 0.4) is 0 Å². The number of phenolic OH excluding ortho intramolecular Hbond substituents is 1. The number of piperidine rings is 1. The van der Waals surface area contributed by atoms with Gasteiger partial charge in [0.25, 0.3) is 11.8 Å². The summed E-state index contributed by atoms with van der Waals surface area (Å²) in [4.78, 5) is 55.6. The summed E-state index contributed by atoms with van der Waals surface area (Å²) in [6.07, 6.45) is 7.69. The molecule has 0 radical (unpaired) electrons. The van der Waals surface area contributed by atoms with Crippen molar-refractivity contribution in [1.29, 1.82) is 5.26 Å². The van der Waals surface area contributed by atoms with Crippen molar-refractivity contribution < 1.29 is 24.2 Å². The number of nitriles is 1. The number of hydrogen-bond acceptors (Lipinski definition) is 8. The average Bonchev–Trinajstić information content (AvgIpc) is 4.16. The molecule has 1 saturated carbocycles. The summed E-state index contributed by atoms with van der Waals surface area (Å²) in [6.45, 7) is 9.51. The van der Waals surface area contributed by atoms with E-state index in [2.05, 4.69) is 52.1 Å². The van der Waals surface area contributed by atoms with Crippen LogP contribution in [-0.4, -0.2) is 110 Å². The van der Waals surface area contributed by atoms with Gasteiger partial charge in [-0.25, -0.2) is 0 Å². The highest BCUT2D eigenvalue weighted by Gasteiger charge is 2.36. The molecule has 13 nitrogen and oxygen atoms in total. The second kappa shape index (κ2) is 20.5. The highest BCUT2D eigenvalue weighted by molar-refractivity contribution is 6.13. The Morgan fingerprint density at radius 2 is 1.53 bits per heavy atom. The smallest absolute Gasteiger partial charge is 0.264 e. The normalized spacial score (nSPS) is 16.8. The van der Waals surface area contributed by atoms with Crippen LogP contribution in [0.25, 0.3) is 11.3 Å². The van der Waals surface area contributed by atoms with E-state index in [0.717, 1.165) is 90.4 Å². The predicted octanol–water partition coefficient (Wildman–Crippen LogP) is 8.86. The van der Waals surface area contributed by atoms with Gasteiger partial charge in [0.05, 0.1) is 17.7 Å². The number of carbonyl (C=O) groups excluding carboxylic acids is 3. The maximum atomic E-state index is 15.8. The molecule has 3 amide bonds. The van der Waals surface area contributed by atoms with Crippen LogP contribution in [0.4, 0.5) is 11.4 Å². The first-order valence-corrected chi connectivity index (χ1v) is 25.7. The molecule has 1 saturated heterocycles. The first kappa shape index (κ1) is 48.5. The third-order valence-electron chi connectivity index (χ3n) is 15.8. The number of carbonyl (C=O) groups is 3. The van der Waals surface area contributed by atoms with Gasteiger partial charge in [0.1, 0.15) is 29.9 Å². The van der Waals surface area contributed by atoms with Gasteiger partial charge in [-0.15, -0.1) is 0 Å². The van der Waals surface area contributed by atoms with Crippen LogP contribution in [0.1, 0.15) is 97.7 Å². The summed E-state index contributed by atoms with van der Waals surface area (Å²) < 4.78 is 9.79. The molecule has 3 aliphatic heterocycles. The van der Waals surface area contributed by atoms with Crippen LogP contribution in [-0.2, 0) is 51.2 Å². The van der Waals surface area contributed by atoms with Crippen molar-refractivity contribution in [2.45, 2.75) is 90.4 Å². The molecule has 13 heteroatoms. The second-order valence-electron chi connectivity index (χ2n) is 20.4. The van der Waals surface area contributed by atoms with Crippen LogP contribution < -0.4 is 9.64 Å². The number of benzene rings is 4. The lowest BCUT2D eigenvalue weighted by atomic mass is 9.89. The number of hydrogen-bond donors (Lipinski definition) is 1. The summed E-state index contributed by atoms with van der Waals surface area (Å²) >= 11 is 0. The van der Waals surface area contributed by atoms with Crippen LogP contribution >= 0.6 is 0 Å². The van der Waals surface area contributed by atoms with Gasteiger partial charge in [-0.05, 0) is 161 Å². The van der Waals surface area contributed by atoms with Crippen LogP contribution in [0.15, 0.2) is 97.1 Å². The van der Waals surface area contributed by atoms with Crippen molar-refractivity contribution >= 4 is 29.1 Å². The Balaban J connectivity index is 0.996. The van der Waals surface area contributed by atoms with Crippen molar-refractivity contribution in [3.8, 4) is 28.8 Å². The molecule has 6 aromatic rings. The minimum atomic E-state index is -0.314. The maximum Gasteiger partial charge on any atom is 0.264 e. The Hall–Kier alpha value is -7.14.